The van der Waals surface area contributed by atoms with Crippen LogP contribution in [0.4, 0.5) is 26.1 Å². The smallest absolute Gasteiger partial charge is 0.227 e. The minimum Gasteiger partial charge on any atom is -0.486 e. The zero-order valence-electron chi connectivity index (χ0n) is 21.7. The Morgan fingerprint density at radius 2 is 1.92 bits per heavy atom. The molecule has 0 amide bonds. The highest BCUT2D eigenvalue weighted by atomic mass is 32.2. The van der Waals surface area contributed by atoms with Crippen molar-refractivity contribution >= 4 is 27.2 Å². The Morgan fingerprint density at radius 3 is 2.68 bits per heavy atom. The Hall–Kier alpha value is -3.31. The molecule has 0 unspecified atom stereocenters. The fraction of sp³-hybridized carbons (Fsp3) is 0.407. The molecule has 2 aliphatic rings. The van der Waals surface area contributed by atoms with E-state index in [1.54, 1.807) is 6.07 Å². The average Bonchev–Trinajstić information content (AvgIpc) is 2.87. The van der Waals surface area contributed by atoms with E-state index < -0.39 is 21.5 Å². The van der Waals surface area contributed by atoms with Gasteiger partial charge in [0, 0.05) is 43.2 Å². The van der Waals surface area contributed by atoms with Crippen molar-refractivity contribution in [3.8, 4) is 17.0 Å². The molecule has 0 saturated carbocycles. The van der Waals surface area contributed by atoms with Gasteiger partial charge in [0.2, 0.25) is 5.95 Å². The largest absolute Gasteiger partial charge is 0.486 e. The summed E-state index contributed by atoms with van der Waals surface area (Å²) in [6.07, 6.45) is 3.12. The summed E-state index contributed by atoms with van der Waals surface area (Å²) in [5.74, 6) is -0.700. The van der Waals surface area contributed by atoms with E-state index in [0.717, 1.165) is 36.0 Å². The molecule has 0 aliphatic carbocycles. The molecule has 0 spiro atoms. The standard InChI is InChI=1S/C27H31F2N5O3S/c1-17(2)34-8-10-37-26-22(28)13-20(14-24(26)34)25-23(29)15-30-27(32-25)31-21-5-4-19-16-33(7-6-18(19)12-21)9-11-38(3,35)36/h4-5,12-15,17H,6-11,16H2,1-3H3,(H,30,31,32). The number of nitrogens with zero attached hydrogens (tertiary/aromatic N) is 4. The Kier molecular flexibility index (Phi) is 7.23. The number of hydrogen-bond acceptors (Lipinski definition) is 8. The number of anilines is 3. The van der Waals surface area contributed by atoms with E-state index >= 15 is 0 Å². The first-order valence-corrected chi connectivity index (χ1v) is 14.7. The van der Waals surface area contributed by atoms with E-state index in [4.69, 9.17) is 4.74 Å². The van der Waals surface area contributed by atoms with Gasteiger partial charge < -0.3 is 15.0 Å². The zero-order valence-corrected chi connectivity index (χ0v) is 22.5. The summed E-state index contributed by atoms with van der Waals surface area (Å²) in [6, 6.07) is 8.96. The SMILES string of the molecule is CC(C)N1CCOc2c(F)cc(-c3nc(Nc4ccc5c(c4)CCN(CCS(C)(=O)=O)C5)ncc3F)cc21. The zero-order chi connectivity index (χ0) is 27.0. The second-order valence-corrected chi connectivity index (χ2v) is 12.4. The maximum absolute atomic E-state index is 15.0. The molecule has 38 heavy (non-hydrogen) atoms. The lowest BCUT2D eigenvalue weighted by atomic mass is 9.99. The van der Waals surface area contributed by atoms with Crippen LogP contribution in [0.5, 0.6) is 5.75 Å². The molecule has 5 rings (SSSR count). The van der Waals surface area contributed by atoms with Crippen LogP contribution in [0.1, 0.15) is 25.0 Å². The fourth-order valence-corrected chi connectivity index (χ4v) is 5.50. The average molecular weight is 544 g/mol. The second-order valence-electron chi connectivity index (χ2n) is 10.1. The summed E-state index contributed by atoms with van der Waals surface area (Å²) >= 11 is 0. The van der Waals surface area contributed by atoms with Crippen LogP contribution in [-0.4, -0.2) is 67.6 Å². The van der Waals surface area contributed by atoms with E-state index in [-0.39, 0.29) is 29.2 Å². The van der Waals surface area contributed by atoms with Crippen molar-refractivity contribution in [1.29, 1.82) is 0 Å². The van der Waals surface area contributed by atoms with Gasteiger partial charge >= 0.3 is 0 Å². The van der Waals surface area contributed by atoms with Crippen molar-refractivity contribution in [2.45, 2.75) is 32.9 Å². The number of halogens is 2. The summed E-state index contributed by atoms with van der Waals surface area (Å²) in [7, 11) is -3.00. The van der Waals surface area contributed by atoms with Gasteiger partial charge in [-0.3, -0.25) is 4.90 Å². The Labute approximate surface area is 221 Å². The quantitative estimate of drug-likeness (QED) is 0.475. The molecule has 0 bridgehead atoms. The number of nitrogens with one attached hydrogen (secondary N) is 1. The number of ether oxygens (including phenoxy) is 1. The third kappa shape index (κ3) is 5.73. The minimum absolute atomic E-state index is 0.00189. The van der Waals surface area contributed by atoms with E-state index in [9.17, 15) is 17.2 Å². The number of aromatic nitrogens is 2. The maximum Gasteiger partial charge on any atom is 0.227 e. The number of rotatable bonds is 7. The molecule has 1 aromatic heterocycles. The first-order valence-electron chi connectivity index (χ1n) is 12.6. The summed E-state index contributed by atoms with van der Waals surface area (Å²) in [6.45, 7) is 6.98. The van der Waals surface area contributed by atoms with Crippen LogP contribution in [0.2, 0.25) is 0 Å². The van der Waals surface area contributed by atoms with Gasteiger partial charge in [0.25, 0.3) is 0 Å². The molecule has 3 aromatic rings. The predicted octanol–water partition coefficient (Wildman–Crippen LogP) is 4.18. The Bertz CT molecular complexity index is 1470. The maximum atomic E-state index is 15.0. The van der Waals surface area contributed by atoms with E-state index in [2.05, 4.69) is 20.2 Å². The molecule has 3 heterocycles. The molecule has 0 atom stereocenters. The van der Waals surface area contributed by atoms with Crippen LogP contribution < -0.4 is 15.0 Å². The minimum atomic E-state index is -3.00. The molecule has 1 N–H and O–H groups in total. The van der Waals surface area contributed by atoms with Gasteiger partial charge in [-0.15, -0.1) is 0 Å². The molecule has 0 fully saturated rings. The molecule has 0 saturated heterocycles. The molecule has 2 aliphatic heterocycles. The summed E-state index contributed by atoms with van der Waals surface area (Å²) < 4.78 is 58.4. The Morgan fingerprint density at radius 1 is 1.11 bits per heavy atom. The second kappa shape index (κ2) is 10.5. The van der Waals surface area contributed by atoms with Crippen molar-refractivity contribution in [2.24, 2.45) is 0 Å². The van der Waals surface area contributed by atoms with Crippen molar-refractivity contribution in [2.75, 3.05) is 48.5 Å². The number of sulfone groups is 1. The van der Waals surface area contributed by atoms with Gasteiger partial charge in [0.1, 0.15) is 22.1 Å². The van der Waals surface area contributed by atoms with Gasteiger partial charge in [-0.1, -0.05) is 6.07 Å². The first kappa shape index (κ1) is 26.3. The van der Waals surface area contributed by atoms with Gasteiger partial charge in [-0.2, -0.15) is 0 Å². The lowest BCUT2D eigenvalue weighted by Crippen LogP contribution is -2.38. The summed E-state index contributed by atoms with van der Waals surface area (Å²) in [5, 5.41) is 3.14. The summed E-state index contributed by atoms with van der Waals surface area (Å²) in [4.78, 5) is 12.6. The van der Waals surface area contributed by atoms with Gasteiger partial charge in [0.15, 0.2) is 17.4 Å². The molecule has 8 nitrogen and oxygen atoms in total. The topological polar surface area (TPSA) is 87.7 Å². The van der Waals surface area contributed by atoms with E-state index in [0.29, 0.717) is 37.5 Å². The fourth-order valence-electron chi connectivity index (χ4n) is 4.91. The van der Waals surface area contributed by atoms with Gasteiger partial charge in [-0.25, -0.2) is 27.2 Å². The molecule has 202 valence electrons. The van der Waals surface area contributed by atoms with E-state index in [1.165, 1.54) is 12.3 Å². The van der Waals surface area contributed by atoms with Crippen LogP contribution in [0, 0.1) is 11.6 Å². The monoisotopic (exact) mass is 543 g/mol. The van der Waals surface area contributed by atoms with Crippen molar-refractivity contribution in [3.05, 3.63) is 59.3 Å². The van der Waals surface area contributed by atoms with Crippen LogP contribution in [0.3, 0.4) is 0 Å². The van der Waals surface area contributed by atoms with Crippen LogP contribution in [0.25, 0.3) is 11.3 Å². The lowest BCUT2D eigenvalue weighted by molar-refractivity contribution is 0.269. The number of fused-ring (bicyclic) bond motifs is 2. The van der Waals surface area contributed by atoms with E-state index in [1.807, 2.05) is 36.9 Å². The third-order valence-electron chi connectivity index (χ3n) is 6.88. The highest BCUT2D eigenvalue weighted by Gasteiger charge is 2.26. The lowest BCUT2D eigenvalue weighted by Gasteiger charge is -2.34. The molecular weight excluding hydrogens is 512 g/mol. The molecular formula is C27H31F2N5O3S. The van der Waals surface area contributed by atoms with Crippen molar-refractivity contribution in [1.82, 2.24) is 14.9 Å². The predicted molar refractivity (Wildman–Crippen MR) is 144 cm³/mol. The van der Waals surface area contributed by atoms with Crippen LogP contribution in [-0.2, 0) is 22.8 Å². The number of benzene rings is 2. The third-order valence-corrected chi connectivity index (χ3v) is 7.81. The molecule has 2 aromatic carbocycles. The Balaban J connectivity index is 1.37. The highest BCUT2D eigenvalue weighted by molar-refractivity contribution is 7.90. The van der Waals surface area contributed by atoms with Crippen LogP contribution >= 0.6 is 0 Å². The molecule has 0 radical (unpaired) electrons. The van der Waals surface area contributed by atoms with Crippen LogP contribution in [0.15, 0.2) is 36.5 Å². The summed E-state index contributed by atoms with van der Waals surface area (Å²) in [5.41, 5.74) is 3.92. The molecule has 11 heteroatoms. The van der Waals surface area contributed by atoms with Gasteiger partial charge in [-0.05, 0) is 55.7 Å². The van der Waals surface area contributed by atoms with Crippen molar-refractivity contribution in [3.63, 3.8) is 0 Å². The van der Waals surface area contributed by atoms with Crippen molar-refractivity contribution < 1.29 is 21.9 Å². The first-order chi connectivity index (χ1) is 18.1. The highest BCUT2D eigenvalue weighted by Crippen LogP contribution is 2.39. The normalized spacial score (nSPS) is 15.7. The number of hydrogen-bond donors (Lipinski definition) is 1. The van der Waals surface area contributed by atoms with Gasteiger partial charge in [0.05, 0.1) is 24.2 Å².